The van der Waals surface area contributed by atoms with Gasteiger partial charge in [-0.05, 0) is 13.0 Å². The molecule has 5 nitrogen and oxygen atoms in total. The lowest BCUT2D eigenvalue weighted by Crippen LogP contribution is -2.47. The Kier molecular flexibility index (Phi) is 5.50. The number of rotatable bonds is 7. The highest BCUT2D eigenvalue weighted by atomic mass is 19.1. The van der Waals surface area contributed by atoms with Gasteiger partial charge in [-0.15, -0.1) is 0 Å². The molecule has 1 aliphatic heterocycles. The first-order valence-electron chi connectivity index (χ1n) is 7.27. The van der Waals surface area contributed by atoms with Crippen LogP contribution >= 0.6 is 0 Å². The van der Waals surface area contributed by atoms with E-state index in [1.165, 1.54) is 0 Å². The summed E-state index contributed by atoms with van der Waals surface area (Å²) in [5, 5.41) is 3.08. The van der Waals surface area contributed by atoms with E-state index in [0.717, 1.165) is 12.1 Å². The molecule has 0 aliphatic carbocycles. The zero-order chi connectivity index (χ0) is 15.1. The first-order chi connectivity index (χ1) is 10.1. The van der Waals surface area contributed by atoms with Gasteiger partial charge < -0.3 is 15.0 Å². The lowest BCUT2D eigenvalue weighted by molar-refractivity contribution is -0.120. The summed E-state index contributed by atoms with van der Waals surface area (Å²) in [4.78, 5) is 16.4. The summed E-state index contributed by atoms with van der Waals surface area (Å²) in [6, 6.07) is 5.60. The van der Waals surface area contributed by atoms with Gasteiger partial charge >= 0.3 is 0 Å². The number of nitrogens with zero attached hydrogens (tertiary/aromatic N) is 2. The Balaban J connectivity index is 1.62. The number of halogens is 1. The number of aromatic nitrogens is 1. The van der Waals surface area contributed by atoms with Crippen LogP contribution in [0.5, 0.6) is 5.88 Å². The maximum Gasteiger partial charge on any atom is 0.213 e. The van der Waals surface area contributed by atoms with Gasteiger partial charge in [-0.2, -0.15) is 0 Å². The fourth-order valence-electron chi connectivity index (χ4n) is 2.35. The highest BCUT2D eigenvalue weighted by molar-refractivity contribution is 5.47. The molecule has 116 valence electrons. The molecule has 1 aromatic rings. The summed E-state index contributed by atoms with van der Waals surface area (Å²) in [6.07, 6.45) is 1.56. The molecule has 0 radical (unpaired) electrons. The minimum atomic E-state index is -1.22. The van der Waals surface area contributed by atoms with E-state index in [0.29, 0.717) is 51.5 Å². The van der Waals surface area contributed by atoms with Crippen molar-refractivity contribution in [2.24, 2.45) is 0 Å². The number of carbonyl (C=O) groups is 1. The lowest BCUT2D eigenvalue weighted by atomic mass is 9.93. The monoisotopic (exact) mass is 295 g/mol. The molecule has 1 aliphatic rings. The second-order valence-electron chi connectivity index (χ2n) is 5.43. The fraction of sp³-hybridized carbons (Fsp3) is 0.600. The van der Waals surface area contributed by atoms with Crippen molar-refractivity contribution in [3.63, 3.8) is 0 Å². The van der Waals surface area contributed by atoms with Crippen LogP contribution in [-0.4, -0.2) is 54.7 Å². The Morgan fingerprint density at radius 3 is 2.90 bits per heavy atom. The van der Waals surface area contributed by atoms with Crippen molar-refractivity contribution in [2.75, 3.05) is 32.8 Å². The highest BCUT2D eigenvalue weighted by Gasteiger charge is 2.33. The second kappa shape index (κ2) is 7.36. The van der Waals surface area contributed by atoms with Gasteiger partial charge in [0.05, 0.1) is 0 Å². The molecular weight excluding hydrogens is 273 g/mol. The van der Waals surface area contributed by atoms with Crippen molar-refractivity contribution in [2.45, 2.75) is 25.4 Å². The van der Waals surface area contributed by atoms with Crippen LogP contribution in [0.25, 0.3) is 0 Å². The predicted molar refractivity (Wildman–Crippen MR) is 78.0 cm³/mol. The molecule has 1 saturated heterocycles. The molecule has 2 rings (SSSR count). The molecule has 1 aromatic heterocycles. The molecule has 1 fully saturated rings. The first kappa shape index (κ1) is 15.7. The molecule has 0 spiro atoms. The van der Waals surface area contributed by atoms with Crippen LogP contribution in [0, 0.1) is 6.92 Å². The molecule has 0 atom stereocenters. The van der Waals surface area contributed by atoms with E-state index in [1.807, 2.05) is 19.1 Å². The van der Waals surface area contributed by atoms with Gasteiger partial charge in [0.2, 0.25) is 12.3 Å². The molecule has 0 aromatic carbocycles. The third-order valence-electron chi connectivity index (χ3n) is 3.68. The van der Waals surface area contributed by atoms with Crippen molar-refractivity contribution in [1.29, 1.82) is 0 Å². The molecular formula is C15H22FN3O2. The fourth-order valence-corrected chi connectivity index (χ4v) is 2.35. The zero-order valence-electron chi connectivity index (χ0n) is 12.3. The Morgan fingerprint density at radius 1 is 1.48 bits per heavy atom. The van der Waals surface area contributed by atoms with Gasteiger partial charge in [0.25, 0.3) is 0 Å². The predicted octanol–water partition coefficient (Wildman–Crippen LogP) is 1.32. The van der Waals surface area contributed by atoms with E-state index in [4.69, 9.17) is 4.74 Å². The van der Waals surface area contributed by atoms with Crippen LogP contribution in [-0.2, 0) is 4.79 Å². The first-order valence-corrected chi connectivity index (χ1v) is 7.27. The number of piperidine rings is 1. The third kappa shape index (κ3) is 4.97. The average molecular weight is 295 g/mol. The van der Waals surface area contributed by atoms with E-state index >= 15 is 0 Å². The van der Waals surface area contributed by atoms with Crippen LogP contribution in [0.15, 0.2) is 18.2 Å². The van der Waals surface area contributed by atoms with Crippen LogP contribution < -0.4 is 10.1 Å². The Hall–Kier alpha value is -1.69. The number of hydrogen-bond donors (Lipinski definition) is 1. The number of ether oxygens (including phenoxy) is 1. The molecule has 0 saturated carbocycles. The Labute approximate surface area is 124 Å². The maximum atomic E-state index is 14.4. The smallest absolute Gasteiger partial charge is 0.213 e. The number of likely N-dealkylation sites (tertiary alicyclic amines) is 1. The summed E-state index contributed by atoms with van der Waals surface area (Å²) in [5.41, 5.74) is -0.314. The summed E-state index contributed by atoms with van der Waals surface area (Å²) < 4.78 is 19.9. The molecule has 1 amide bonds. The van der Waals surface area contributed by atoms with Crippen molar-refractivity contribution < 1.29 is 13.9 Å². The zero-order valence-corrected chi connectivity index (χ0v) is 12.3. The van der Waals surface area contributed by atoms with Gasteiger partial charge in [0.1, 0.15) is 12.3 Å². The van der Waals surface area contributed by atoms with Crippen LogP contribution in [0.3, 0.4) is 0 Å². The SMILES string of the molecule is Cc1cccc(OCCNCC2(F)CCN(C=O)CC2)n1. The third-order valence-corrected chi connectivity index (χ3v) is 3.68. The molecule has 0 unspecified atom stereocenters. The molecule has 6 heteroatoms. The van der Waals surface area contributed by atoms with Gasteiger partial charge in [0, 0.05) is 50.8 Å². The Morgan fingerprint density at radius 2 is 2.24 bits per heavy atom. The maximum absolute atomic E-state index is 14.4. The van der Waals surface area contributed by atoms with Crippen molar-refractivity contribution in [3.05, 3.63) is 23.9 Å². The largest absolute Gasteiger partial charge is 0.476 e. The second-order valence-corrected chi connectivity index (χ2v) is 5.43. The number of nitrogens with one attached hydrogen (secondary N) is 1. The number of hydrogen-bond acceptors (Lipinski definition) is 4. The summed E-state index contributed by atoms with van der Waals surface area (Å²) in [6.45, 7) is 4.20. The van der Waals surface area contributed by atoms with Crippen molar-refractivity contribution >= 4 is 6.41 Å². The summed E-state index contributed by atoms with van der Waals surface area (Å²) in [7, 11) is 0. The average Bonchev–Trinajstić information content (AvgIpc) is 2.48. The van der Waals surface area contributed by atoms with Gasteiger partial charge in [-0.25, -0.2) is 9.37 Å². The van der Waals surface area contributed by atoms with E-state index < -0.39 is 5.67 Å². The van der Waals surface area contributed by atoms with Crippen molar-refractivity contribution in [1.82, 2.24) is 15.2 Å². The minimum Gasteiger partial charge on any atom is -0.476 e. The van der Waals surface area contributed by atoms with E-state index in [1.54, 1.807) is 11.0 Å². The minimum absolute atomic E-state index is 0.296. The number of carbonyl (C=O) groups excluding carboxylic acids is 1. The lowest BCUT2D eigenvalue weighted by Gasteiger charge is -2.34. The number of pyridine rings is 1. The normalized spacial score (nSPS) is 17.5. The van der Waals surface area contributed by atoms with Gasteiger partial charge in [0.15, 0.2) is 0 Å². The number of alkyl halides is 1. The Bertz CT molecular complexity index is 462. The topological polar surface area (TPSA) is 54.5 Å². The summed E-state index contributed by atoms with van der Waals surface area (Å²) in [5.74, 6) is 0.589. The molecule has 21 heavy (non-hydrogen) atoms. The molecule has 1 N–H and O–H groups in total. The van der Waals surface area contributed by atoms with Crippen LogP contribution in [0.2, 0.25) is 0 Å². The number of amides is 1. The van der Waals surface area contributed by atoms with Crippen LogP contribution in [0.1, 0.15) is 18.5 Å². The van der Waals surface area contributed by atoms with Gasteiger partial charge in [-0.3, -0.25) is 4.79 Å². The van der Waals surface area contributed by atoms with E-state index in [2.05, 4.69) is 10.3 Å². The van der Waals surface area contributed by atoms with Gasteiger partial charge in [-0.1, -0.05) is 6.07 Å². The van der Waals surface area contributed by atoms with E-state index in [-0.39, 0.29) is 0 Å². The standard InChI is InChI=1S/C15H22FN3O2/c1-13-3-2-4-14(18-13)21-10-7-17-11-15(16)5-8-19(12-20)9-6-15/h2-4,12,17H,5-11H2,1H3. The quantitative estimate of drug-likeness (QED) is 0.609. The molecule has 0 bridgehead atoms. The number of aryl methyl sites for hydroxylation is 1. The molecule has 2 heterocycles. The highest BCUT2D eigenvalue weighted by Crippen LogP contribution is 2.25. The van der Waals surface area contributed by atoms with Crippen molar-refractivity contribution in [3.8, 4) is 5.88 Å². The summed E-state index contributed by atoms with van der Waals surface area (Å²) >= 11 is 0. The van der Waals surface area contributed by atoms with E-state index in [9.17, 15) is 9.18 Å². The van der Waals surface area contributed by atoms with Crippen LogP contribution in [0.4, 0.5) is 4.39 Å².